The van der Waals surface area contributed by atoms with Crippen molar-refractivity contribution in [3.63, 3.8) is 0 Å². The van der Waals surface area contributed by atoms with Crippen LogP contribution in [-0.2, 0) is 17.1 Å². The summed E-state index contributed by atoms with van der Waals surface area (Å²) in [4.78, 5) is 27.4. The van der Waals surface area contributed by atoms with Crippen LogP contribution in [0.1, 0.15) is 21.0 Å². The number of hydrogen-bond donors (Lipinski definition) is 2. The second kappa shape index (κ2) is 8.79. The number of carboxylic acid groups (broad SMARTS) is 2. The van der Waals surface area contributed by atoms with Crippen LogP contribution in [0.25, 0.3) is 0 Å². The number of aromatic nitrogens is 2. The molecular weight excluding hydrogens is 291 g/mol. The van der Waals surface area contributed by atoms with Crippen molar-refractivity contribution in [3.8, 4) is 0 Å². The van der Waals surface area contributed by atoms with Gasteiger partial charge in [-0.15, -0.1) is 0 Å². The summed E-state index contributed by atoms with van der Waals surface area (Å²) in [5.74, 6) is -1.98. The molecule has 19 heavy (non-hydrogen) atoms. The Bertz CT molecular complexity index is 470. The molecule has 0 atom stereocenters. The van der Waals surface area contributed by atoms with Gasteiger partial charge in [-0.2, -0.15) is 0 Å². The molecule has 0 aliphatic rings. The van der Waals surface area contributed by atoms with Crippen molar-refractivity contribution in [2.75, 3.05) is 0 Å². The third-order valence-corrected chi connectivity index (χ3v) is 1.77. The molecule has 6 nitrogen and oxygen atoms in total. The number of nitrogens with zero attached hydrogens (tertiary/aromatic N) is 2. The van der Waals surface area contributed by atoms with E-state index in [1.54, 1.807) is 24.3 Å². The smallest absolute Gasteiger partial charge is 0.354 e. The Kier molecular flexibility index (Phi) is 7.76. The molecule has 2 N–H and O–H groups in total. The van der Waals surface area contributed by atoms with Gasteiger partial charge in [0.1, 0.15) is 11.4 Å². The van der Waals surface area contributed by atoms with Gasteiger partial charge in [-0.1, -0.05) is 12.1 Å². The first-order valence-corrected chi connectivity index (χ1v) is 4.90. The second-order valence-electron chi connectivity index (χ2n) is 3.04. The van der Waals surface area contributed by atoms with E-state index < -0.39 is 11.9 Å². The molecule has 0 spiro atoms. The second-order valence-corrected chi connectivity index (χ2v) is 3.04. The van der Waals surface area contributed by atoms with Crippen molar-refractivity contribution in [3.05, 3.63) is 60.2 Å². The van der Waals surface area contributed by atoms with Crippen molar-refractivity contribution in [1.82, 2.24) is 9.97 Å². The molecule has 7 heteroatoms. The maximum atomic E-state index is 10.1. The number of rotatable bonds is 2. The molecule has 2 rings (SSSR count). The Morgan fingerprint density at radius 1 is 0.789 bits per heavy atom. The summed E-state index contributed by atoms with van der Waals surface area (Å²) >= 11 is 0. The summed E-state index contributed by atoms with van der Waals surface area (Å²) in [5.41, 5.74) is 0.162. The molecule has 0 amide bonds. The average Bonchev–Trinajstić information content (AvgIpc) is 2.41. The van der Waals surface area contributed by atoms with Crippen LogP contribution in [0.3, 0.4) is 0 Å². The van der Waals surface area contributed by atoms with E-state index in [9.17, 15) is 9.59 Å². The van der Waals surface area contributed by atoms with Gasteiger partial charge in [-0.05, 0) is 24.3 Å². The minimum atomic E-state index is -0.990. The third kappa shape index (κ3) is 6.30. The van der Waals surface area contributed by atoms with Gasteiger partial charge in [0.05, 0.1) is 0 Å². The monoisotopic (exact) mass is 301 g/mol. The average molecular weight is 301 g/mol. The predicted octanol–water partition coefficient (Wildman–Crippen LogP) is 1.56. The van der Waals surface area contributed by atoms with Gasteiger partial charge in [0.25, 0.3) is 0 Å². The number of aromatic carboxylic acids is 2. The van der Waals surface area contributed by atoms with Crippen molar-refractivity contribution in [2.24, 2.45) is 0 Å². The van der Waals surface area contributed by atoms with Gasteiger partial charge in [0.2, 0.25) is 0 Å². The SMILES string of the molecule is O=C(O)c1ccccn1.O=C(O)c1ccccn1.[Mn]. The topological polar surface area (TPSA) is 100 Å². The molecule has 0 saturated carbocycles. The van der Waals surface area contributed by atoms with Gasteiger partial charge in [-0.3, -0.25) is 0 Å². The van der Waals surface area contributed by atoms with Crippen LogP contribution in [0.15, 0.2) is 48.8 Å². The first-order chi connectivity index (χ1) is 8.61. The first kappa shape index (κ1) is 16.8. The fourth-order valence-corrected chi connectivity index (χ4v) is 0.979. The molecule has 2 heterocycles. The third-order valence-electron chi connectivity index (χ3n) is 1.77. The maximum absolute atomic E-state index is 10.1. The molecule has 2 aromatic heterocycles. The Labute approximate surface area is 119 Å². The Morgan fingerprint density at radius 3 is 1.32 bits per heavy atom. The van der Waals surface area contributed by atoms with Crippen LogP contribution < -0.4 is 0 Å². The molecule has 0 aliphatic heterocycles. The van der Waals surface area contributed by atoms with Gasteiger partial charge in [-0.25, -0.2) is 19.6 Å². The van der Waals surface area contributed by atoms with E-state index >= 15 is 0 Å². The predicted molar refractivity (Wildman–Crippen MR) is 62.4 cm³/mol. The van der Waals surface area contributed by atoms with Crippen LogP contribution in [-0.4, -0.2) is 32.1 Å². The van der Waals surface area contributed by atoms with Crippen LogP contribution in [0.2, 0.25) is 0 Å². The van der Waals surface area contributed by atoms with Crippen molar-refractivity contribution < 1.29 is 36.9 Å². The van der Waals surface area contributed by atoms with Gasteiger partial charge >= 0.3 is 11.9 Å². The zero-order valence-electron chi connectivity index (χ0n) is 9.60. The minimum absolute atomic E-state index is 0. The zero-order chi connectivity index (χ0) is 13.4. The van der Waals surface area contributed by atoms with Crippen LogP contribution in [0.4, 0.5) is 0 Å². The van der Waals surface area contributed by atoms with Crippen LogP contribution in [0.5, 0.6) is 0 Å². The summed E-state index contributed by atoms with van der Waals surface area (Å²) in [5, 5.41) is 16.6. The number of hydrogen-bond acceptors (Lipinski definition) is 4. The van der Waals surface area contributed by atoms with E-state index in [2.05, 4.69) is 9.97 Å². The van der Waals surface area contributed by atoms with E-state index in [0.717, 1.165) is 0 Å². The molecule has 0 aliphatic carbocycles. The minimum Gasteiger partial charge on any atom is -0.477 e. The summed E-state index contributed by atoms with van der Waals surface area (Å²) in [7, 11) is 0. The van der Waals surface area contributed by atoms with Crippen LogP contribution in [0, 0.1) is 0 Å². The molecular formula is C12H10MnN2O4. The summed E-state index contributed by atoms with van der Waals surface area (Å²) in [6, 6.07) is 9.51. The normalized spacial score (nSPS) is 8.42. The van der Waals surface area contributed by atoms with Gasteiger partial charge in [0.15, 0.2) is 0 Å². The van der Waals surface area contributed by atoms with Gasteiger partial charge < -0.3 is 10.2 Å². The fourth-order valence-electron chi connectivity index (χ4n) is 0.979. The number of carboxylic acids is 2. The number of pyridine rings is 2. The van der Waals surface area contributed by atoms with Crippen molar-refractivity contribution in [1.29, 1.82) is 0 Å². The maximum Gasteiger partial charge on any atom is 0.354 e. The molecule has 0 bridgehead atoms. The Hall–Kier alpha value is -2.24. The van der Waals surface area contributed by atoms with Crippen molar-refractivity contribution >= 4 is 11.9 Å². The molecule has 1 radical (unpaired) electrons. The molecule has 2 aromatic rings. The van der Waals surface area contributed by atoms with E-state index in [1.807, 2.05) is 0 Å². The Morgan fingerprint density at radius 2 is 1.16 bits per heavy atom. The summed E-state index contributed by atoms with van der Waals surface area (Å²) < 4.78 is 0. The van der Waals surface area contributed by atoms with Crippen LogP contribution >= 0.6 is 0 Å². The van der Waals surface area contributed by atoms with Gasteiger partial charge in [0, 0.05) is 29.5 Å². The van der Waals surface area contributed by atoms with Crippen molar-refractivity contribution in [2.45, 2.75) is 0 Å². The summed E-state index contributed by atoms with van der Waals surface area (Å²) in [6.07, 6.45) is 2.90. The van der Waals surface area contributed by atoms with E-state index in [4.69, 9.17) is 10.2 Å². The molecule has 0 saturated heterocycles. The van der Waals surface area contributed by atoms with E-state index in [-0.39, 0.29) is 28.5 Å². The van der Waals surface area contributed by atoms with E-state index in [1.165, 1.54) is 24.5 Å². The largest absolute Gasteiger partial charge is 0.477 e. The standard InChI is InChI=1S/2C6H5NO2.Mn/c2*8-6(9)5-3-1-2-4-7-5;/h2*1-4H,(H,8,9);. The zero-order valence-corrected chi connectivity index (χ0v) is 10.8. The fraction of sp³-hybridized carbons (Fsp3) is 0. The Balaban J connectivity index is 0.000000324. The molecule has 99 valence electrons. The molecule has 0 unspecified atom stereocenters. The molecule has 0 fully saturated rings. The number of carbonyl (C=O) groups is 2. The quantitative estimate of drug-likeness (QED) is 0.816. The first-order valence-electron chi connectivity index (χ1n) is 4.90. The summed E-state index contributed by atoms with van der Waals surface area (Å²) in [6.45, 7) is 0. The van der Waals surface area contributed by atoms with E-state index in [0.29, 0.717) is 0 Å². The molecule has 0 aromatic carbocycles.